The van der Waals surface area contributed by atoms with Crippen LogP contribution in [0.5, 0.6) is 0 Å². The molecule has 0 unspecified atom stereocenters. The van der Waals surface area contributed by atoms with Crippen LogP contribution in [0.15, 0.2) is 61.3 Å². The molecule has 0 aliphatic heterocycles. The van der Waals surface area contributed by atoms with E-state index in [4.69, 9.17) is 0 Å². The second kappa shape index (κ2) is 7.55. The van der Waals surface area contributed by atoms with Gasteiger partial charge in [0.1, 0.15) is 0 Å². The fraction of sp³-hybridized carbons (Fsp3) is 0.211. The van der Waals surface area contributed by atoms with Gasteiger partial charge in [0.15, 0.2) is 0 Å². The molecule has 0 aliphatic carbocycles. The minimum absolute atomic E-state index is 0.0515. The highest BCUT2D eigenvalue weighted by atomic mass is 16.1. The summed E-state index contributed by atoms with van der Waals surface area (Å²) in [4.78, 5) is 20.5. The highest BCUT2D eigenvalue weighted by Crippen LogP contribution is 2.18. The maximum absolute atomic E-state index is 12.2. The molecule has 0 saturated heterocycles. The smallest absolute Gasteiger partial charge is 0.251 e. The highest BCUT2D eigenvalue weighted by molar-refractivity contribution is 5.94. The number of nitrogens with one attached hydrogen (secondary N) is 1. The van der Waals surface area contributed by atoms with Crippen LogP contribution in [0.1, 0.15) is 22.3 Å². The number of carbonyl (C=O) groups excluding carboxylic acids is 1. The molecule has 0 fully saturated rings. The van der Waals surface area contributed by atoms with E-state index >= 15 is 0 Å². The number of nitrogens with zero attached hydrogens (tertiary/aromatic N) is 3. The quantitative estimate of drug-likeness (QED) is 0.710. The largest absolute Gasteiger partial charge is 0.352 e. The predicted molar refractivity (Wildman–Crippen MR) is 93.6 cm³/mol. The Kier molecular flexibility index (Phi) is 5.01. The standard InChI is InChI=1S/C19H20N4O/c1-15-7-9-21-18(13-15)16-3-5-17(6-4-16)19(24)22-8-2-11-23-12-10-20-14-23/h3-7,9-10,12-14H,2,8,11H2,1H3,(H,22,24). The Balaban J connectivity index is 1.54. The first-order valence-corrected chi connectivity index (χ1v) is 7.99. The van der Waals surface area contributed by atoms with E-state index in [-0.39, 0.29) is 5.91 Å². The Hall–Kier alpha value is -2.95. The average Bonchev–Trinajstić information content (AvgIpc) is 3.12. The van der Waals surface area contributed by atoms with Gasteiger partial charge in [0.05, 0.1) is 12.0 Å². The van der Waals surface area contributed by atoms with Crippen LogP contribution in [0.2, 0.25) is 0 Å². The first-order valence-electron chi connectivity index (χ1n) is 7.99. The molecule has 3 aromatic rings. The predicted octanol–water partition coefficient (Wildman–Crippen LogP) is 3.07. The summed E-state index contributed by atoms with van der Waals surface area (Å²) in [7, 11) is 0. The van der Waals surface area contributed by atoms with Crippen LogP contribution in [0.3, 0.4) is 0 Å². The molecule has 0 radical (unpaired) electrons. The molecule has 0 spiro atoms. The summed E-state index contributed by atoms with van der Waals surface area (Å²) in [5, 5.41) is 2.94. The Bertz CT molecular complexity index is 794. The lowest BCUT2D eigenvalue weighted by atomic mass is 10.1. The number of rotatable bonds is 6. The Morgan fingerprint density at radius 1 is 1.17 bits per heavy atom. The third kappa shape index (κ3) is 4.07. The SMILES string of the molecule is Cc1ccnc(-c2ccc(C(=O)NCCCn3ccnc3)cc2)c1. The number of benzene rings is 1. The first-order chi connectivity index (χ1) is 11.7. The number of aryl methyl sites for hydroxylation is 2. The first kappa shape index (κ1) is 15.9. The second-order valence-corrected chi connectivity index (χ2v) is 5.71. The van der Waals surface area contributed by atoms with Crippen molar-refractivity contribution >= 4 is 5.91 Å². The molecule has 5 heteroatoms. The normalized spacial score (nSPS) is 10.5. The van der Waals surface area contributed by atoms with Crippen molar-refractivity contribution in [2.24, 2.45) is 0 Å². The average molecular weight is 320 g/mol. The van der Waals surface area contributed by atoms with Gasteiger partial charge >= 0.3 is 0 Å². The van der Waals surface area contributed by atoms with Gasteiger partial charge in [-0.1, -0.05) is 12.1 Å². The van der Waals surface area contributed by atoms with E-state index in [1.165, 1.54) is 5.56 Å². The van der Waals surface area contributed by atoms with Gasteiger partial charge in [0, 0.05) is 42.8 Å². The molecule has 0 saturated carbocycles. The lowest BCUT2D eigenvalue weighted by Crippen LogP contribution is -2.25. The minimum Gasteiger partial charge on any atom is -0.352 e. The van der Waals surface area contributed by atoms with Crippen LogP contribution >= 0.6 is 0 Å². The van der Waals surface area contributed by atoms with Gasteiger partial charge in [-0.15, -0.1) is 0 Å². The van der Waals surface area contributed by atoms with E-state index in [0.717, 1.165) is 24.2 Å². The van der Waals surface area contributed by atoms with Crippen molar-refractivity contribution in [3.05, 3.63) is 72.4 Å². The van der Waals surface area contributed by atoms with Gasteiger partial charge in [-0.25, -0.2) is 4.98 Å². The molecule has 5 nitrogen and oxygen atoms in total. The molecular formula is C19H20N4O. The summed E-state index contributed by atoms with van der Waals surface area (Å²) >= 11 is 0. The summed E-state index contributed by atoms with van der Waals surface area (Å²) < 4.78 is 2.00. The molecule has 2 heterocycles. The summed E-state index contributed by atoms with van der Waals surface area (Å²) in [5.41, 5.74) is 3.76. The van der Waals surface area contributed by atoms with Crippen LogP contribution in [-0.2, 0) is 6.54 Å². The van der Waals surface area contributed by atoms with Crippen LogP contribution < -0.4 is 5.32 Å². The van der Waals surface area contributed by atoms with Crippen molar-refractivity contribution in [3.8, 4) is 11.3 Å². The molecule has 1 N–H and O–H groups in total. The molecule has 0 aliphatic rings. The molecule has 1 amide bonds. The molecule has 24 heavy (non-hydrogen) atoms. The number of hydrogen-bond acceptors (Lipinski definition) is 3. The third-order valence-electron chi connectivity index (χ3n) is 3.80. The maximum Gasteiger partial charge on any atom is 0.251 e. The number of aromatic nitrogens is 3. The van der Waals surface area contributed by atoms with Crippen LogP contribution in [0.4, 0.5) is 0 Å². The number of amides is 1. The molecule has 122 valence electrons. The minimum atomic E-state index is -0.0515. The van der Waals surface area contributed by atoms with Crippen molar-refractivity contribution in [1.29, 1.82) is 0 Å². The van der Waals surface area contributed by atoms with Crippen LogP contribution in [-0.4, -0.2) is 27.0 Å². The van der Waals surface area contributed by atoms with Crippen LogP contribution in [0, 0.1) is 6.92 Å². The van der Waals surface area contributed by atoms with E-state index < -0.39 is 0 Å². The van der Waals surface area contributed by atoms with Gasteiger partial charge in [-0.2, -0.15) is 0 Å². The highest BCUT2D eigenvalue weighted by Gasteiger charge is 2.06. The monoisotopic (exact) mass is 320 g/mol. The Labute approximate surface area is 141 Å². The Morgan fingerprint density at radius 2 is 2.00 bits per heavy atom. The van der Waals surface area contributed by atoms with Crippen molar-refractivity contribution in [3.63, 3.8) is 0 Å². The topological polar surface area (TPSA) is 59.8 Å². The summed E-state index contributed by atoms with van der Waals surface area (Å²) in [6.45, 7) is 3.52. The van der Waals surface area contributed by atoms with Crippen LogP contribution in [0.25, 0.3) is 11.3 Å². The molecule has 1 aromatic carbocycles. The van der Waals surface area contributed by atoms with E-state index in [0.29, 0.717) is 12.1 Å². The number of imidazole rings is 1. The summed E-state index contributed by atoms with van der Waals surface area (Å²) in [5.74, 6) is -0.0515. The molecule has 3 rings (SSSR count). The number of pyridine rings is 1. The number of hydrogen-bond donors (Lipinski definition) is 1. The van der Waals surface area contributed by atoms with Gasteiger partial charge in [0.2, 0.25) is 0 Å². The van der Waals surface area contributed by atoms with Crippen molar-refractivity contribution in [2.45, 2.75) is 19.9 Å². The second-order valence-electron chi connectivity index (χ2n) is 5.71. The fourth-order valence-electron chi connectivity index (χ4n) is 2.47. The summed E-state index contributed by atoms with van der Waals surface area (Å²) in [6, 6.07) is 11.5. The summed E-state index contributed by atoms with van der Waals surface area (Å²) in [6.07, 6.45) is 8.11. The fourth-order valence-corrected chi connectivity index (χ4v) is 2.47. The van der Waals surface area contributed by atoms with E-state index in [1.807, 2.05) is 54.1 Å². The molecule has 0 bridgehead atoms. The lowest BCUT2D eigenvalue weighted by Gasteiger charge is -2.07. The zero-order valence-corrected chi connectivity index (χ0v) is 13.6. The van der Waals surface area contributed by atoms with Gasteiger partial charge in [-0.3, -0.25) is 9.78 Å². The van der Waals surface area contributed by atoms with E-state index in [2.05, 4.69) is 15.3 Å². The van der Waals surface area contributed by atoms with E-state index in [9.17, 15) is 4.79 Å². The maximum atomic E-state index is 12.2. The Morgan fingerprint density at radius 3 is 2.71 bits per heavy atom. The zero-order chi connectivity index (χ0) is 16.8. The molecule has 0 atom stereocenters. The lowest BCUT2D eigenvalue weighted by molar-refractivity contribution is 0.0953. The zero-order valence-electron chi connectivity index (χ0n) is 13.6. The van der Waals surface area contributed by atoms with E-state index in [1.54, 1.807) is 18.7 Å². The molecular weight excluding hydrogens is 300 g/mol. The number of carbonyl (C=O) groups is 1. The third-order valence-corrected chi connectivity index (χ3v) is 3.80. The molecule has 2 aromatic heterocycles. The van der Waals surface area contributed by atoms with Gasteiger partial charge < -0.3 is 9.88 Å². The van der Waals surface area contributed by atoms with Gasteiger partial charge in [0.25, 0.3) is 5.91 Å². The van der Waals surface area contributed by atoms with Crippen molar-refractivity contribution in [2.75, 3.05) is 6.54 Å². The van der Waals surface area contributed by atoms with Gasteiger partial charge in [-0.05, 0) is 43.2 Å². The van der Waals surface area contributed by atoms with Crippen molar-refractivity contribution < 1.29 is 4.79 Å². The van der Waals surface area contributed by atoms with Crippen molar-refractivity contribution in [1.82, 2.24) is 19.9 Å².